The molecule has 4 rings (SSSR count). The largest absolute Gasteiger partial charge is 0.476 e. The maximum absolute atomic E-state index is 13.0. The summed E-state index contributed by atoms with van der Waals surface area (Å²) in [6.45, 7) is 2.34. The first-order valence-corrected chi connectivity index (χ1v) is 9.22. The second-order valence-corrected chi connectivity index (χ2v) is 6.70. The number of hydrogen-bond acceptors (Lipinski definition) is 7. The van der Waals surface area contributed by atoms with Crippen molar-refractivity contribution in [2.75, 3.05) is 36.5 Å². The molecule has 0 atom stereocenters. The van der Waals surface area contributed by atoms with E-state index in [-0.39, 0.29) is 11.6 Å². The highest BCUT2D eigenvalue weighted by Crippen LogP contribution is 2.30. The Kier molecular flexibility index (Phi) is 5.46. The van der Waals surface area contributed by atoms with Gasteiger partial charge in [0.25, 0.3) is 0 Å². The molecule has 0 aliphatic carbocycles. The molecular weight excluding hydrogens is 417 g/mol. The highest BCUT2D eigenvalue weighted by atomic mass is 19.4. The number of nitrogens with one attached hydrogen (secondary N) is 1. The number of rotatable bonds is 5. The molecule has 12 heteroatoms. The Balaban J connectivity index is 1.71. The molecule has 0 amide bonds. The molecule has 0 unspecified atom stereocenters. The van der Waals surface area contributed by atoms with E-state index in [9.17, 15) is 18.0 Å². The van der Waals surface area contributed by atoms with E-state index in [1.165, 1.54) is 17.1 Å². The molecule has 0 bridgehead atoms. The van der Waals surface area contributed by atoms with E-state index in [0.29, 0.717) is 37.7 Å². The Hall–Kier alpha value is -3.67. The van der Waals surface area contributed by atoms with Crippen molar-refractivity contribution in [3.8, 4) is 5.69 Å². The molecule has 1 aliphatic heterocycles. The SMILES string of the molecule is O=C(O)c1cn(-c2cc(Nc3nccc(C(F)(F)F)n3)cc(N3CCOCC3)c2)cn1. The number of benzene rings is 1. The zero-order valence-corrected chi connectivity index (χ0v) is 16.0. The molecule has 0 spiro atoms. The number of halogens is 3. The number of carbonyl (C=O) groups is 1. The van der Waals surface area contributed by atoms with Crippen LogP contribution in [-0.4, -0.2) is 56.9 Å². The van der Waals surface area contributed by atoms with E-state index in [0.717, 1.165) is 18.0 Å². The van der Waals surface area contributed by atoms with Crippen molar-refractivity contribution < 1.29 is 27.8 Å². The second kappa shape index (κ2) is 8.22. The van der Waals surface area contributed by atoms with Crippen LogP contribution in [-0.2, 0) is 10.9 Å². The van der Waals surface area contributed by atoms with Gasteiger partial charge in [-0.05, 0) is 24.3 Å². The molecule has 1 aromatic carbocycles. The van der Waals surface area contributed by atoms with Crippen LogP contribution in [0.15, 0.2) is 43.0 Å². The third-order valence-corrected chi connectivity index (χ3v) is 4.58. The first kappa shape index (κ1) is 20.6. The van der Waals surface area contributed by atoms with Crippen molar-refractivity contribution in [2.24, 2.45) is 0 Å². The number of morpholine rings is 1. The lowest BCUT2D eigenvalue weighted by Crippen LogP contribution is -2.36. The maximum Gasteiger partial charge on any atom is 0.433 e. The summed E-state index contributed by atoms with van der Waals surface area (Å²) in [5.41, 5.74) is 0.589. The van der Waals surface area contributed by atoms with Gasteiger partial charge in [-0.1, -0.05) is 0 Å². The van der Waals surface area contributed by atoms with Crippen LogP contribution < -0.4 is 10.2 Å². The minimum atomic E-state index is -4.59. The van der Waals surface area contributed by atoms with Gasteiger partial charge in [-0.3, -0.25) is 0 Å². The molecule has 1 aliphatic rings. The topological polar surface area (TPSA) is 105 Å². The fourth-order valence-electron chi connectivity index (χ4n) is 3.10. The maximum atomic E-state index is 13.0. The zero-order valence-electron chi connectivity index (χ0n) is 16.0. The molecule has 1 fully saturated rings. The first-order chi connectivity index (χ1) is 14.8. The van der Waals surface area contributed by atoms with Crippen LogP contribution in [0.4, 0.5) is 30.5 Å². The minimum absolute atomic E-state index is 0.132. The monoisotopic (exact) mass is 434 g/mol. The minimum Gasteiger partial charge on any atom is -0.476 e. The van der Waals surface area contributed by atoms with Gasteiger partial charge in [0.1, 0.15) is 12.0 Å². The molecule has 3 heterocycles. The zero-order chi connectivity index (χ0) is 22.0. The fourth-order valence-corrected chi connectivity index (χ4v) is 3.10. The van der Waals surface area contributed by atoms with Crippen molar-refractivity contribution in [3.63, 3.8) is 0 Å². The second-order valence-electron chi connectivity index (χ2n) is 6.70. The Labute approximate surface area is 174 Å². The van der Waals surface area contributed by atoms with Gasteiger partial charge in [-0.15, -0.1) is 0 Å². The van der Waals surface area contributed by atoms with E-state index in [4.69, 9.17) is 9.84 Å². The highest BCUT2D eigenvalue weighted by Gasteiger charge is 2.32. The Morgan fingerprint density at radius 1 is 1.13 bits per heavy atom. The van der Waals surface area contributed by atoms with Crippen LogP contribution in [0.1, 0.15) is 16.2 Å². The molecule has 31 heavy (non-hydrogen) atoms. The van der Waals surface area contributed by atoms with Crippen LogP contribution >= 0.6 is 0 Å². The van der Waals surface area contributed by atoms with Crippen molar-refractivity contribution in [1.29, 1.82) is 0 Å². The standard InChI is InChI=1S/C19H17F3N6O3/c20-19(21,22)16-1-2-23-18(26-16)25-12-7-13(27-3-5-31-6-4-27)9-14(8-12)28-10-15(17(29)30)24-11-28/h1-2,7-11H,3-6H2,(H,29,30)(H,23,25,26). The summed E-state index contributed by atoms with van der Waals surface area (Å²) in [7, 11) is 0. The van der Waals surface area contributed by atoms with Gasteiger partial charge < -0.3 is 24.6 Å². The van der Waals surface area contributed by atoms with Crippen molar-refractivity contribution in [2.45, 2.75) is 6.18 Å². The van der Waals surface area contributed by atoms with Gasteiger partial charge in [0.05, 0.1) is 18.9 Å². The Bertz CT molecular complexity index is 1100. The predicted molar refractivity (Wildman–Crippen MR) is 104 cm³/mol. The van der Waals surface area contributed by atoms with E-state index in [1.54, 1.807) is 12.1 Å². The van der Waals surface area contributed by atoms with E-state index < -0.39 is 17.8 Å². The number of ether oxygens (including phenoxy) is 1. The average molecular weight is 434 g/mol. The van der Waals surface area contributed by atoms with Crippen LogP contribution in [0, 0.1) is 0 Å². The summed E-state index contributed by atoms with van der Waals surface area (Å²) in [4.78, 5) is 24.5. The molecule has 162 valence electrons. The molecule has 2 aromatic heterocycles. The summed E-state index contributed by atoms with van der Waals surface area (Å²) in [6, 6.07) is 6.02. The molecule has 3 aromatic rings. The highest BCUT2D eigenvalue weighted by molar-refractivity contribution is 5.85. The lowest BCUT2D eigenvalue weighted by atomic mass is 10.2. The van der Waals surface area contributed by atoms with Gasteiger partial charge in [0.2, 0.25) is 5.95 Å². The summed E-state index contributed by atoms with van der Waals surface area (Å²) >= 11 is 0. The fraction of sp³-hybridized carbons (Fsp3) is 0.263. The van der Waals surface area contributed by atoms with Crippen LogP contribution in [0.25, 0.3) is 5.69 Å². The number of carboxylic acid groups (broad SMARTS) is 1. The molecule has 1 saturated heterocycles. The molecule has 0 radical (unpaired) electrons. The average Bonchev–Trinajstić information content (AvgIpc) is 3.25. The molecule has 2 N–H and O–H groups in total. The number of hydrogen-bond donors (Lipinski definition) is 2. The number of carboxylic acids is 1. The third-order valence-electron chi connectivity index (χ3n) is 4.58. The number of anilines is 3. The van der Waals surface area contributed by atoms with Crippen molar-refractivity contribution >= 4 is 23.3 Å². The number of aromatic nitrogens is 4. The Morgan fingerprint density at radius 3 is 2.55 bits per heavy atom. The van der Waals surface area contributed by atoms with Gasteiger partial charge in [-0.25, -0.2) is 19.7 Å². The molecule has 9 nitrogen and oxygen atoms in total. The van der Waals surface area contributed by atoms with Crippen molar-refractivity contribution in [1.82, 2.24) is 19.5 Å². The Morgan fingerprint density at radius 2 is 1.87 bits per heavy atom. The van der Waals surface area contributed by atoms with Crippen molar-refractivity contribution in [3.05, 3.63) is 54.4 Å². The lowest BCUT2D eigenvalue weighted by molar-refractivity contribution is -0.141. The van der Waals surface area contributed by atoms with E-state index in [2.05, 4.69) is 25.2 Å². The smallest absolute Gasteiger partial charge is 0.433 e. The predicted octanol–water partition coefficient (Wildman–Crippen LogP) is 2.96. The van der Waals surface area contributed by atoms with E-state index >= 15 is 0 Å². The van der Waals surface area contributed by atoms with Gasteiger partial charge in [-0.2, -0.15) is 13.2 Å². The van der Waals surface area contributed by atoms with Crippen LogP contribution in [0.5, 0.6) is 0 Å². The molecular formula is C19H17F3N6O3. The summed E-state index contributed by atoms with van der Waals surface area (Å²) in [6.07, 6.45) is -0.859. The van der Waals surface area contributed by atoms with Crippen LogP contribution in [0.2, 0.25) is 0 Å². The van der Waals surface area contributed by atoms with Gasteiger partial charge in [0.15, 0.2) is 5.69 Å². The summed E-state index contributed by atoms with van der Waals surface area (Å²) < 4.78 is 45.8. The van der Waals surface area contributed by atoms with E-state index in [1.807, 2.05) is 6.07 Å². The van der Waals surface area contributed by atoms with Gasteiger partial charge >= 0.3 is 12.1 Å². The summed E-state index contributed by atoms with van der Waals surface area (Å²) in [5, 5.41) is 11.9. The number of imidazole rings is 1. The normalized spacial score (nSPS) is 14.5. The lowest BCUT2D eigenvalue weighted by Gasteiger charge is -2.29. The number of aromatic carboxylic acids is 1. The van der Waals surface area contributed by atoms with Gasteiger partial charge in [0, 0.05) is 36.9 Å². The number of nitrogens with zero attached hydrogens (tertiary/aromatic N) is 5. The third kappa shape index (κ3) is 4.74. The molecule has 0 saturated carbocycles. The quantitative estimate of drug-likeness (QED) is 0.632. The number of alkyl halides is 3. The first-order valence-electron chi connectivity index (χ1n) is 9.22. The summed E-state index contributed by atoms with van der Waals surface area (Å²) in [5.74, 6) is -1.38. The van der Waals surface area contributed by atoms with Crippen LogP contribution in [0.3, 0.4) is 0 Å².